The van der Waals surface area contributed by atoms with Crippen LogP contribution in [0.2, 0.25) is 0 Å². The third kappa shape index (κ3) is 8.61. The molecule has 0 rings (SSSR count). The summed E-state index contributed by atoms with van der Waals surface area (Å²) in [5.74, 6) is -0.468. The van der Waals surface area contributed by atoms with E-state index in [1.807, 2.05) is 0 Å². The van der Waals surface area contributed by atoms with Gasteiger partial charge in [0.25, 0.3) is 0 Å². The van der Waals surface area contributed by atoms with E-state index in [2.05, 4.69) is 11.9 Å². The van der Waals surface area contributed by atoms with E-state index in [0.717, 1.165) is 12.8 Å². The molecule has 0 bridgehead atoms. The molecule has 0 heterocycles. The molecule has 0 saturated carbocycles. The lowest BCUT2D eigenvalue weighted by molar-refractivity contribution is -0.145. The van der Waals surface area contributed by atoms with Crippen molar-refractivity contribution in [3.63, 3.8) is 0 Å². The van der Waals surface area contributed by atoms with Crippen LogP contribution in [0.5, 0.6) is 0 Å². The van der Waals surface area contributed by atoms with Crippen LogP contribution in [0.1, 0.15) is 40.5 Å². The Morgan fingerprint density at radius 3 is 2.50 bits per heavy atom. The average Bonchev–Trinajstić information content (AvgIpc) is 2.21. The van der Waals surface area contributed by atoms with Crippen LogP contribution in [0.25, 0.3) is 0 Å². The summed E-state index contributed by atoms with van der Waals surface area (Å²) in [4.78, 5) is 22.9. The SMILES string of the molecule is C=CCCCOC(=O)[C@H](C)NC(=O)OC(C)(C)C. The van der Waals surface area contributed by atoms with Gasteiger partial charge in [0.2, 0.25) is 0 Å². The third-order valence-corrected chi connectivity index (χ3v) is 1.88. The summed E-state index contributed by atoms with van der Waals surface area (Å²) in [5.41, 5.74) is -0.586. The van der Waals surface area contributed by atoms with Crippen LogP contribution in [0.15, 0.2) is 12.7 Å². The molecule has 0 aromatic carbocycles. The molecule has 0 spiro atoms. The van der Waals surface area contributed by atoms with Crippen molar-refractivity contribution in [1.29, 1.82) is 0 Å². The largest absolute Gasteiger partial charge is 0.464 e. The van der Waals surface area contributed by atoms with Crippen molar-refractivity contribution in [2.75, 3.05) is 6.61 Å². The second kappa shape index (κ2) is 7.74. The number of rotatable bonds is 6. The Morgan fingerprint density at radius 2 is 2.00 bits per heavy atom. The van der Waals surface area contributed by atoms with Gasteiger partial charge in [-0.15, -0.1) is 6.58 Å². The highest BCUT2D eigenvalue weighted by atomic mass is 16.6. The number of hydrogen-bond donors (Lipinski definition) is 1. The quantitative estimate of drug-likeness (QED) is 0.451. The minimum atomic E-state index is -0.719. The first-order valence-electron chi connectivity index (χ1n) is 6.03. The Labute approximate surface area is 109 Å². The molecule has 0 aliphatic heterocycles. The normalized spacial score (nSPS) is 12.4. The van der Waals surface area contributed by atoms with Gasteiger partial charge >= 0.3 is 12.1 Å². The van der Waals surface area contributed by atoms with Gasteiger partial charge in [0.1, 0.15) is 11.6 Å². The monoisotopic (exact) mass is 257 g/mol. The summed E-state index contributed by atoms with van der Waals surface area (Å²) in [6, 6.07) is -0.719. The highest BCUT2D eigenvalue weighted by molar-refractivity contribution is 5.80. The highest BCUT2D eigenvalue weighted by Crippen LogP contribution is 2.06. The molecule has 18 heavy (non-hydrogen) atoms. The van der Waals surface area contributed by atoms with Gasteiger partial charge in [-0.1, -0.05) is 6.08 Å². The molecule has 0 saturated heterocycles. The number of allylic oxidation sites excluding steroid dienone is 1. The Bertz CT molecular complexity index is 294. The van der Waals surface area contributed by atoms with Gasteiger partial charge in [-0.3, -0.25) is 0 Å². The van der Waals surface area contributed by atoms with E-state index in [9.17, 15) is 9.59 Å². The van der Waals surface area contributed by atoms with E-state index < -0.39 is 23.7 Å². The minimum Gasteiger partial charge on any atom is -0.464 e. The Hall–Kier alpha value is -1.52. The third-order valence-electron chi connectivity index (χ3n) is 1.88. The predicted octanol–water partition coefficient (Wildman–Crippen LogP) is 2.41. The summed E-state index contributed by atoms with van der Waals surface area (Å²) in [7, 11) is 0. The molecule has 104 valence electrons. The number of carbonyl (C=O) groups excluding carboxylic acids is 2. The molecule has 5 heteroatoms. The van der Waals surface area contributed by atoms with Gasteiger partial charge in [0.15, 0.2) is 0 Å². The molecule has 0 aromatic heterocycles. The molecule has 0 unspecified atom stereocenters. The van der Waals surface area contributed by atoms with Crippen LogP contribution in [0.4, 0.5) is 4.79 Å². The number of alkyl carbamates (subject to hydrolysis) is 1. The lowest BCUT2D eigenvalue weighted by Gasteiger charge is -2.21. The summed E-state index contributed by atoms with van der Waals surface area (Å²) in [6.45, 7) is 10.7. The zero-order valence-corrected chi connectivity index (χ0v) is 11.6. The van der Waals surface area contributed by atoms with Gasteiger partial charge in [-0.2, -0.15) is 0 Å². The molecule has 0 radical (unpaired) electrons. The molecule has 5 nitrogen and oxygen atoms in total. The van der Waals surface area contributed by atoms with Crippen molar-refractivity contribution in [3.8, 4) is 0 Å². The maximum Gasteiger partial charge on any atom is 0.408 e. The molecule has 1 atom stereocenters. The first-order valence-corrected chi connectivity index (χ1v) is 6.03. The Morgan fingerprint density at radius 1 is 1.39 bits per heavy atom. The molecular weight excluding hydrogens is 234 g/mol. The first kappa shape index (κ1) is 16.5. The van der Waals surface area contributed by atoms with E-state index in [-0.39, 0.29) is 0 Å². The van der Waals surface area contributed by atoms with E-state index in [1.165, 1.54) is 0 Å². The van der Waals surface area contributed by atoms with Crippen molar-refractivity contribution < 1.29 is 19.1 Å². The number of ether oxygens (including phenoxy) is 2. The number of carbonyl (C=O) groups is 2. The Kier molecular flexibility index (Phi) is 7.08. The fourth-order valence-electron chi connectivity index (χ4n) is 1.07. The molecule has 0 fully saturated rings. The van der Waals surface area contributed by atoms with Crippen LogP contribution in [-0.2, 0) is 14.3 Å². The maximum absolute atomic E-state index is 11.5. The summed E-state index contributed by atoms with van der Waals surface area (Å²) in [5, 5.41) is 2.42. The molecule has 1 amide bonds. The highest BCUT2D eigenvalue weighted by Gasteiger charge is 2.21. The maximum atomic E-state index is 11.5. The van der Waals surface area contributed by atoms with Crippen LogP contribution in [0.3, 0.4) is 0 Å². The smallest absolute Gasteiger partial charge is 0.408 e. The van der Waals surface area contributed by atoms with Crippen LogP contribution < -0.4 is 5.32 Å². The lowest BCUT2D eigenvalue weighted by Crippen LogP contribution is -2.42. The molecule has 0 aromatic rings. The summed E-state index contributed by atoms with van der Waals surface area (Å²) >= 11 is 0. The molecule has 1 N–H and O–H groups in total. The van der Waals surface area contributed by atoms with Gasteiger partial charge in [-0.25, -0.2) is 9.59 Å². The molecule has 0 aliphatic rings. The van der Waals surface area contributed by atoms with Gasteiger partial charge in [-0.05, 0) is 40.5 Å². The van der Waals surface area contributed by atoms with Crippen molar-refractivity contribution in [3.05, 3.63) is 12.7 Å². The predicted molar refractivity (Wildman–Crippen MR) is 69.2 cm³/mol. The standard InChI is InChI=1S/C13H23NO4/c1-6-7-8-9-17-11(15)10(2)14-12(16)18-13(3,4)5/h6,10H,1,7-9H2,2-5H3,(H,14,16)/t10-/m0/s1. The van der Waals surface area contributed by atoms with E-state index in [4.69, 9.17) is 9.47 Å². The lowest BCUT2D eigenvalue weighted by atomic mass is 10.2. The minimum absolute atomic E-state index is 0.325. The van der Waals surface area contributed by atoms with Gasteiger partial charge in [0, 0.05) is 0 Å². The first-order chi connectivity index (χ1) is 8.26. The Balaban J connectivity index is 3.93. The van der Waals surface area contributed by atoms with Crippen molar-refractivity contribution in [2.45, 2.75) is 52.2 Å². The van der Waals surface area contributed by atoms with Crippen molar-refractivity contribution in [2.24, 2.45) is 0 Å². The molecular formula is C13H23NO4. The topological polar surface area (TPSA) is 64.6 Å². The fourth-order valence-corrected chi connectivity index (χ4v) is 1.07. The van der Waals surface area contributed by atoms with E-state index >= 15 is 0 Å². The number of amides is 1. The number of unbranched alkanes of at least 4 members (excludes halogenated alkanes) is 1. The summed E-state index contributed by atoms with van der Waals surface area (Å²) in [6.07, 6.45) is 2.66. The average molecular weight is 257 g/mol. The van der Waals surface area contributed by atoms with Crippen LogP contribution in [0, 0.1) is 0 Å². The second-order valence-electron chi connectivity index (χ2n) is 4.97. The van der Waals surface area contributed by atoms with E-state index in [0.29, 0.717) is 6.61 Å². The van der Waals surface area contributed by atoms with E-state index in [1.54, 1.807) is 33.8 Å². The van der Waals surface area contributed by atoms with Crippen molar-refractivity contribution >= 4 is 12.1 Å². The zero-order valence-electron chi connectivity index (χ0n) is 11.6. The van der Waals surface area contributed by atoms with Crippen molar-refractivity contribution in [1.82, 2.24) is 5.32 Å². The van der Waals surface area contributed by atoms with Crippen LogP contribution >= 0.6 is 0 Å². The zero-order chi connectivity index (χ0) is 14.2. The van der Waals surface area contributed by atoms with Gasteiger partial charge in [0.05, 0.1) is 6.61 Å². The van der Waals surface area contributed by atoms with Crippen LogP contribution in [-0.4, -0.2) is 30.3 Å². The number of nitrogens with one attached hydrogen (secondary N) is 1. The summed E-state index contributed by atoms with van der Waals surface area (Å²) < 4.78 is 10.0. The number of hydrogen-bond acceptors (Lipinski definition) is 4. The fraction of sp³-hybridized carbons (Fsp3) is 0.692. The van der Waals surface area contributed by atoms with Gasteiger partial charge < -0.3 is 14.8 Å². The second-order valence-corrected chi connectivity index (χ2v) is 4.97. The molecule has 0 aliphatic carbocycles. The number of esters is 1.